The van der Waals surface area contributed by atoms with Crippen molar-refractivity contribution in [3.63, 3.8) is 0 Å². The SMILES string of the molecule is CCC(c1ccc(S(=O)(=O)O)cc1)C(C)C. The molecule has 0 radical (unpaired) electrons. The molecule has 0 bridgehead atoms. The topological polar surface area (TPSA) is 54.4 Å². The van der Waals surface area contributed by atoms with Crippen LogP contribution in [-0.2, 0) is 10.1 Å². The Bertz CT molecular complexity index is 432. The first kappa shape index (κ1) is 13.2. The second-order valence-corrected chi connectivity index (χ2v) is 5.72. The first-order valence-corrected chi connectivity index (χ1v) is 6.87. The Balaban J connectivity index is 3.03. The maximum atomic E-state index is 10.9. The van der Waals surface area contributed by atoms with Crippen LogP contribution in [0, 0.1) is 5.92 Å². The molecule has 1 rings (SSSR count). The zero-order valence-corrected chi connectivity index (χ0v) is 10.7. The van der Waals surface area contributed by atoms with Crippen LogP contribution in [-0.4, -0.2) is 13.0 Å². The highest BCUT2D eigenvalue weighted by atomic mass is 32.2. The first-order valence-electron chi connectivity index (χ1n) is 5.43. The molecule has 1 unspecified atom stereocenters. The van der Waals surface area contributed by atoms with Gasteiger partial charge in [0.15, 0.2) is 0 Å². The molecule has 3 nitrogen and oxygen atoms in total. The van der Waals surface area contributed by atoms with Crippen molar-refractivity contribution in [1.29, 1.82) is 0 Å². The van der Waals surface area contributed by atoms with Crippen molar-refractivity contribution in [2.24, 2.45) is 5.92 Å². The fourth-order valence-corrected chi connectivity index (χ4v) is 2.46. The Hall–Kier alpha value is -0.870. The molecule has 4 heteroatoms. The van der Waals surface area contributed by atoms with Crippen molar-refractivity contribution in [2.75, 3.05) is 0 Å². The lowest BCUT2D eigenvalue weighted by Crippen LogP contribution is -2.06. The van der Waals surface area contributed by atoms with Gasteiger partial charge in [0.2, 0.25) is 0 Å². The largest absolute Gasteiger partial charge is 0.294 e. The zero-order chi connectivity index (χ0) is 12.3. The van der Waals surface area contributed by atoms with Gasteiger partial charge in [-0.05, 0) is 36.0 Å². The number of hydrogen-bond acceptors (Lipinski definition) is 2. The van der Waals surface area contributed by atoms with E-state index in [9.17, 15) is 8.42 Å². The molecule has 0 fully saturated rings. The van der Waals surface area contributed by atoms with Crippen molar-refractivity contribution in [1.82, 2.24) is 0 Å². The summed E-state index contributed by atoms with van der Waals surface area (Å²) in [6, 6.07) is 6.46. The number of benzene rings is 1. The van der Waals surface area contributed by atoms with E-state index in [1.54, 1.807) is 12.1 Å². The van der Waals surface area contributed by atoms with Gasteiger partial charge < -0.3 is 0 Å². The van der Waals surface area contributed by atoms with Crippen molar-refractivity contribution >= 4 is 10.1 Å². The molecule has 16 heavy (non-hydrogen) atoms. The molecule has 90 valence electrons. The Kier molecular flexibility index (Phi) is 4.10. The molecule has 1 N–H and O–H groups in total. The van der Waals surface area contributed by atoms with Gasteiger partial charge in [0.05, 0.1) is 4.90 Å². The average molecular weight is 242 g/mol. The van der Waals surface area contributed by atoms with Crippen molar-refractivity contribution in [3.05, 3.63) is 29.8 Å². The van der Waals surface area contributed by atoms with Gasteiger partial charge >= 0.3 is 0 Å². The van der Waals surface area contributed by atoms with Gasteiger partial charge in [0.1, 0.15) is 0 Å². The minimum atomic E-state index is -4.07. The van der Waals surface area contributed by atoms with Crippen LogP contribution < -0.4 is 0 Å². The summed E-state index contributed by atoms with van der Waals surface area (Å²) in [5.41, 5.74) is 1.12. The summed E-state index contributed by atoms with van der Waals surface area (Å²) in [4.78, 5) is -0.0464. The van der Waals surface area contributed by atoms with Gasteiger partial charge in [0.25, 0.3) is 10.1 Å². The summed E-state index contributed by atoms with van der Waals surface area (Å²) in [5, 5.41) is 0. The summed E-state index contributed by atoms with van der Waals surface area (Å²) in [6.45, 7) is 6.40. The quantitative estimate of drug-likeness (QED) is 0.825. The normalized spacial score (nSPS) is 14.1. The van der Waals surface area contributed by atoms with Gasteiger partial charge in [-0.3, -0.25) is 4.55 Å². The molecule has 0 aromatic heterocycles. The highest BCUT2D eigenvalue weighted by molar-refractivity contribution is 7.85. The van der Waals surface area contributed by atoms with Crippen LogP contribution in [0.5, 0.6) is 0 Å². The van der Waals surface area contributed by atoms with Crippen LogP contribution in [0.15, 0.2) is 29.2 Å². The second-order valence-electron chi connectivity index (χ2n) is 4.30. The molecule has 0 saturated heterocycles. The lowest BCUT2D eigenvalue weighted by atomic mass is 9.86. The highest BCUT2D eigenvalue weighted by Gasteiger charge is 2.15. The third kappa shape index (κ3) is 3.06. The predicted molar refractivity (Wildman–Crippen MR) is 64.1 cm³/mol. The average Bonchev–Trinajstić information content (AvgIpc) is 2.17. The van der Waals surface area contributed by atoms with E-state index in [2.05, 4.69) is 20.8 Å². The Labute approximate surface area is 97.2 Å². The minimum absolute atomic E-state index is 0.0464. The highest BCUT2D eigenvalue weighted by Crippen LogP contribution is 2.28. The van der Waals surface area contributed by atoms with E-state index in [0.29, 0.717) is 11.8 Å². The monoisotopic (exact) mass is 242 g/mol. The molecule has 0 spiro atoms. The molecule has 1 atom stereocenters. The van der Waals surface area contributed by atoms with Crippen LogP contribution in [0.3, 0.4) is 0 Å². The number of rotatable bonds is 4. The predicted octanol–water partition coefficient (Wildman–Crippen LogP) is 3.08. The maximum absolute atomic E-state index is 10.9. The lowest BCUT2D eigenvalue weighted by Gasteiger charge is -2.19. The van der Waals surface area contributed by atoms with E-state index >= 15 is 0 Å². The van der Waals surface area contributed by atoms with E-state index in [0.717, 1.165) is 12.0 Å². The van der Waals surface area contributed by atoms with Crippen molar-refractivity contribution in [3.8, 4) is 0 Å². The molecule has 1 aromatic rings. The first-order chi connectivity index (χ1) is 7.36. The van der Waals surface area contributed by atoms with Gasteiger partial charge in [-0.25, -0.2) is 0 Å². The maximum Gasteiger partial charge on any atom is 0.294 e. The van der Waals surface area contributed by atoms with Crippen molar-refractivity contribution in [2.45, 2.75) is 38.0 Å². The molecule has 0 aliphatic carbocycles. The standard InChI is InChI=1S/C12H18O3S/c1-4-12(9(2)3)10-5-7-11(8-6-10)16(13,14)15/h5-9,12H,4H2,1-3H3,(H,13,14,15). The molecule has 1 aromatic carbocycles. The third-order valence-corrected chi connectivity index (χ3v) is 3.72. The third-order valence-electron chi connectivity index (χ3n) is 2.85. The Morgan fingerprint density at radius 1 is 1.19 bits per heavy atom. The fraction of sp³-hybridized carbons (Fsp3) is 0.500. The molecule has 0 aliphatic rings. The van der Waals surface area contributed by atoms with E-state index in [-0.39, 0.29) is 4.90 Å². The van der Waals surface area contributed by atoms with E-state index in [1.165, 1.54) is 12.1 Å². The van der Waals surface area contributed by atoms with Crippen LogP contribution in [0.2, 0.25) is 0 Å². The molecule has 0 saturated carbocycles. The lowest BCUT2D eigenvalue weighted by molar-refractivity contribution is 0.480. The molecular weight excluding hydrogens is 224 g/mol. The Morgan fingerprint density at radius 3 is 2.00 bits per heavy atom. The summed E-state index contributed by atoms with van der Waals surface area (Å²) < 4.78 is 30.6. The fourth-order valence-electron chi connectivity index (χ4n) is 1.98. The van der Waals surface area contributed by atoms with E-state index in [1.807, 2.05) is 0 Å². The summed E-state index contributed by atoms with van der Waals surface area (Å²) >= 11 is 0. The van der Waals surface area contributed by atoms with E-state index < -0.39 is 10.1 Å². The van der Waals surface area contributed by atoms with Crippen LogP contribution in [0.4, 0.5) is 0 Å². The van der Waals surface area contributed by atoms with Crippen LogP contribution in [0.25, 0.3) is 0 Å². The van der Waals surface area contributed by atoms with Crippen LogP contribution in [0.1, 0.15) is 38.7 Å². The summed E-state index contributed by atoms with van der Waals surface area (Å²) in [7, 11) is -4.07. The zero-order valence-electron chi connectivity index (χ0n) is 9.84. The van der Waals surface area contributed by atoms with Gasteiger partial charge in [-0.15, -0.1) is 0 Å². The van der Waals surface area contributed by atoms with Gasteiger partial charge in [-0.2, -0.15) is 8.42 Å². The molecular formula is C12H18O3S. The van der Waals surface area contributed by atoms with Crippen LogP contribution >= 0.6 is 0 Å². The Morgan fingerprint density at radius 2 is 1.69 bits per heavy atom. The van der Waals surface area contributed by atoms with E-state index in [4.69, 9.17) is 4.55 Å². The molecule has 0 aliphatic heterocycles. The minimum Gasteiger partial charge on any atom is -0.282 e. The van der Waals surface area contributed by atoms with Gasteiger partial charge in [0, 0.05) is 0 Å². The van der Waals surface area contributed by atoms with Crippen molar-refractivity contribution < 1.29 is 13.0 Å². The molecule has 0 heterocycles. The molecule has 0 amide bonds. The number of hydrogen-bond donors (Lipinski definition) is 1. The smallest absolute Gasteiger partial charge is 0.282 e. The van der Waals surface area contributed by atoms with Gasteiger partial charge in [-0.1, -0.05) is 32.9 Å². The summed E-state index contributed by atoms with van der Waals surface area (Å²) in [5.74, 6) is 0.942. The summed E-state index contributed by atoms with van der Waals surface area (Å²) in [6.07, 6.45) is 1.02. The second kappa shape index (κ2) is 4.97.